The molecule has 0 N–H and O–H groups in total. The normalized spacial score (nSPS) is 13.5. The minimum Gasteiger partial charge on any atom is -0.419 e. The van der Waals surface area contributed by atoms with Crippen molar-refractivity contribution in [2.45, 2.75) is 25.4 Å². The van der Waals surface area contributed by atoms with Crippen LogP contribution in [0.4, 0.5) is 5.69 Å². The van der Waals surface area contributed by atoms with Crippen molar-refractivity contribution in [3.63, 3.8) is 0 Å². The van der Waals surface area contributed by atoms with Crippen molar-refractivity contribution in [2.24, 2.45) is 0 Å². The molecule has 0 unspecified atom stereocenters. The van der Waals surface area contributed by atoms with Gasteiger partial charge >= 0.3 is 0 Å². The summed E-state index contributed by atoms with van der Waals surface area (Å²) in [5, 5.41) is 19.5. The number of hydrogen-bond acceptors (Lipinski definition) is 6. The lowest BCUT2D eigenvalue weighted by atomic mass is 10.2. The number of halogens is 1. The molecule has 1 aliphatic rings. The third kappa shape index (κ3) is 4.55. The van der Waals surface area contributed by atoms with E-state index in [1.54, 1.807) is 35.2 Å². The number of carbonyl (C=O) groups is 1. The molecule has 2 aromatic carbocycles. The summed E-state index contributed by atoms with van der Waals surface area (Å²) in [7, 11) is 0. The average Bonchev–Trinajstić information content (AvgIpc) is 3.48. The van der Waals surface area contributed by atoms with Gasteiger partial charge in [0.2, 0.25) is 17.7 Å². The zero-order valence-electron chi connectivity index (χ0n) is 15.8. The smallest absolute Gasteiger partial charge is 0.270 e. The van der Waals surface area contributed by atoms with E-state index < -0.39 is 4.92 Å². The highest BCUT2D eigenvalue weighted by Gasteiger charge is 2.33. The van der Waals surface area contributed by atoms with E-state index >= 15 is 0 Å². The number of amides is 1. The Morgan fingerprint density at radius 1 is 1.23 bits per heavy atom. The molecule has 1 aromatic heterocycles. The maximum absolute atomic E-state index is 12.7. The van der Waals surface area contributed by atoms with E-state index in [2.05, 4.69) is 10.2 Å². The molecule has 1 amide bonds. The second kappa shape index (κ2) is 8.46. The number of benzene rings is 2. The molecule has 1 aliphatic carbocycles. The van der Waals surface area contributed by atoms with Crippen molar-refractivity contribution >= 4 is 29.3 Å². The Kier molecular flexibility index (Phi) is 5.58. The molecule has 0 radical (unpaired) electrons. The maximum atomic E-state index is 12.7. The Hall–Kier alpha value is -3.52. The van der Waals surface area contributed by atoms with E-state index in [9.17, 15) is 14.9 Å². The Balaban J connectivity index is 1.48. The van der Waals surface area contributed by atoms with E-state index in [1.807, 2.05) is 12.1 Å². The van der Waals surface area contributed by atoms with Gasteiger partial charge in [-0.2, -0.15) is 0 Å². The zero-order chi connectivity index (χ0) is 21.1. The largest absolute Gasteiger partial charge is 0.419 e. The molecule has 0 spiro atoms. The third-order valence-electron chi connectivity index (χ3n) is 4.65. The summed E-state index contributed by atoms with van der Waals surface area (Å²) in [5.74, 6) is 0.390. The van der Waals surface area contributed by atoms with E-state index in [-0.39, 0.29) is 24.2 Å². The lowest BCUT2D eigenvalue weighted by molar-refractivity contribution is -0.384. The van der Waals surface area contributed by atoms with Crippen LogP contribution in [0.2, 0.25) is 5.02 Å². The number of rotatable bonds is 7. The quantitative estimate of drug-likeness (QED) is 0.314. The molecule has 8 nitrogen and oxygen atoms in total. The van der Waals surface area contributed by atoms with Gasteiger partial charge in [-0.15, -0.1) is 10.2 Å². The van der Waals surface area contributed by atoms with Crippen LogP contribution in [0.25, 0.3) is 17.5 Å². The number of hydrogen-bond donors (Lipinski definition) is 0. The molecule has 1 saturated carbocycles. The van der Waals surface area contributed by atoms with Crippen molar-refractivity contribution in [1.29, 1.82) is 0 Å². The van der Waals surface area contributed by atoms with Crippen LogP contribution < -0.4 is 0 Å². The van der Waals surface area contributed by atoms with Gasteiger partial charge in [0.15, 0.2) is 0 Å². The van der Waals surface area contributed by atoms with Crippen LogP contribution in [0.1, 0.15) is 24.3 Å². The fraction of sp³-hybridized carbons (Fsp3) is 0.190. The van der Waals surface area contributed by atoms with Gasteiger partial charge in [-0.1, -0.05) is 35.9 Å². The summed E-state index contributed by atoms with van der Waals surface area (Å²) in [6.07, 6.45) is 4.78. The molecule has 0 aliphatic heterocycles. The minimum atomic E-state index is -0.470. The first-order valence-corrected chi connectivity index (χ1v) is 9.69. The van der Waals surface area contributed by atoms with E-state index in [1.165, 1.54) is 18.2 Å². The summed E-state index contributed by atoms with van der Waals surface area (Å²) >= 11 is 6.17. The number of aromatic nitrogens is 2. The molecule has 0 atom stereocenters. The molecule has 0 saturated heterocycles. The van der Waals surface area contributed by atoms with Gasteiger partial charge in [0.05, 0.1) is 22.1 Å². The lowest BCUT2D eigenvalue weighted by Crippen LogP contribution is -2.31. The van der Waals surface area contributed by atoms with Gasteiger partial charge < -0.3 is 9.32 Å². The predicted octanol–water partition coefficient (Wildman–Crippen LogP) is 4.50. The first-order valence-electron chi connectivity index (χ1n) is 9.31. The first kappa shape index (κ1) is 19.8. The second-order valence-electron chi connectivity index (χ2n) is 6.86. The fourth-order valence-corrected chi connectivity index (χ4v) is 3.20. The summed E-state index contributed by atoms with van der Waals surface area (Å²) in [6, 6.07) is 13.4. The molecule has 1 heterocycles. The van der Waals surface area contributed by atoms with Crippen LogP contribution in [0, 0.1) is 10.1 Å². The highest BCUT2D eigenvalue weighted by atomic mass is 35.5. The lowest BCUT2D eigenvalue weighted by Gasteiger charge is -2.18. The van der Waals surface area contributed by atoms with Gasteiger partial charge in [-0.05, 0) is 36.6 Å². The Morgan fingerprint density at radius 2 is 2.03 bits per heavy atom. The van der Waals surface area contributed by atoms with Gasteiger partial charge in [0.1, 0.15) is 0 Å². The van der Waals surface area contributed by atoms with Gasteiger partial charge in [0, 0.05) is 24.3 Å². The first-order chi connectivity index (χ1) is 14.5. The molecule has 0 bridgehead atoms. The zero-order valence-corrected chi connectivity index (χ0v) is 16.5. The Labute approximate surface area is 176 Å². The van der Waals surface area contributed by atoms with Crippen molar-refractivity contribution in [2.75, 3.05) is 0 Å². The minimum absolute atomic E-state index is 0.0263. The molecule has 1 fully saturated rings. The highest BCUT2D eigenvalue weighted by Crippen LogP contribution is 2.30. The van der Waals surface area contributed by atoms with Crippen LogP contribution in [-0.2, 0) is 11.3 Å². The summed E-state index contributed by atoms with van der Waals surface area (Å²) in [6.45, 7) is 0.181. The summed E-state index contributed by atoms with van der Waals surface area (Å²) < 4.78 is 5.71. The molecule has 30 heavy (non-hydrogen) atoms. The van der Waals surface area contributed by atoms with E-state index in [4.69, 9.17) is 16.0 Å². The van der Waals surface area contributed by atoms with Crippen LogP contribution in [0.15, 0.2) is 59.0 Å². The van der Waals surface area contributed by atoms with Crippen LogP contribution in [0.3, 0.4) is 0 Å². The van der Waals surface area contributed by atoms with Gasteiger partial charge in [-0.3, -0.25) is 14.9 Å². The third-order valence-corrected chi connectivity index (χ3v) is 4.98. The van der Waals surface area contributed by atoms with E-state index in [0.717, 1.165) is 12.8 Å². The second-order valence-corrected chi connectivity index (χ2v) is 7.27. The highest BCUT2D eigenvalue weighted by molar-refractivity contribution is 6.33. The summed E-state index contributed by atoms with van der Waals surface area (Å²) in [5.41, 5.74) is 1.18. The standard InChI is InChI=1S/C21H17ClN4O4/c22-18-7-2-1-6-17(18)21-24-23-19(30-21)13-25(15-9-10-15)20(27)11-8-14-4-3-5-16(12-14)26(28)29/h1-8,11-12,15H,9-10,13H2. The van der Waals surface area contributed by atoms with Crippen molar-refractivity contribution in [3.05, 3.63) is 81.2 Å². The number of nitrogens with zero attached hydrogens (tertiary/aromatic N) is 4. The number of carbonyl (C=O) groups excluding carboxylic acids is 1. The van der Waals surface area contributed by atoms with Crippen molar-refractivity contribution in [1.82, 2.24) is 15.1 Å². The van der Waals surface area contributed by atoms with Gasteiger partial charge in [0.25, 0.3) is 5.69 Å². The fourth-order valence-electron chi connectivity index (χ4n) is 2.99. The predicted molar refractivity (Wildman–Crippen MR) is 110 cm³/mol. The van der Waals surface area contributed by atoms with E-state index in [0.29, 0.717) is 27.9 Å². The number of nitro benzene ring substituents is 1. The molecule has 152 valence electrons. The molecular weight excluding hydrogens is 408 g/mol. The number of non-ortho nitro benzene ring substituents is 1. The molecule has 4 rings (SSSR count). The Bertz CT molecular complexity index is 1120. The van der Waals surface area contributed by atoms with Gasteiger partial charge in [-0.25, -0.2) is 0 Å². The molecule has 3 aromatic rings. The average molecular weight is 425 g/mol. The molecular formula is C21H17ClN4O4. The van der Waals surface area contributed by atoms with Crippen LogP contribution in [-0.4, -0.2) is 32.0 Å². The Morgan fingerprint density at radius 3 is 2.77 bits per heavy atom. The monoisotopic (exact) mass is 424 g/mol. The maximum Gasteiger partial charge on any atom is 0.270 e. The van der Waals surface area contributed by atoms with Crippen LogP contribution >= 0.6 is 11.6 Å². The number of nitro groups is 1. The topological polar surface area (TPSA) is 102 Å². The summed E-state index contributed by atoms with van der Waals surface area (Å²) in [4.78, 5) is 24.8. The van der Waals surface area contributed by atoms with Crippen molar-refractivity contribution < 1.29 is 14.1 Å². The van der Waals surface area contributed by atoms with Crippen LogP contribution in [0.5, 0.6) is 0 Å². The molecule has 9 heteroatoms. The SMILES string of the molecule is O=C(C=Cc1cccc([N+](=O)[O-])c1)N(Cc1nnc(-c2ccccc2Cl)o1)C1CC1. The van der Waals surface area contributed by atoms with Crippen molar-refractivity contribution in [3.8, 4) is 11.5 Å².